The molecule has 2 heteroatoms. The third-order valence-corrected chi connectivity index (χ3v) is 4.32. The van der Waals surface area contributed by atoms with Crippen molar-refractivity contribution in [3.8, 4) is 0 Å². The lowest BCUT2D eigenvalue weighted by Crippen LogP contribution is -2.38. The summed E-state index contributed by atoms with van der Waals surface area (Å²) in [7, 11) is 0. The van der Waals surface area contributed by atoms with Crippen molar-refractivity contribution in [1.29, 1.82) is 0 Å². The van der Waals surface area contributed by atoms with Gasteiger partial charge in [0.15, 0.2) is 0 Å². The molecule has 1 N–H and O–H groups in total. The molecule has 0 heterocycles. The second-order valence-electron chi connectivity index (χ2n) is 7.03. The molecule has 1 aliphatic carbocycles. The fourth-order valence-corrected chi connectivity index (χ4v) is 2.94. The van der Waals surface area contributed by atoms with E-state index in [4.69, 9.17) is 4.74 Å². The molecule has 3 atom stereocenters. The molecule has 0 radical (unpaired) electrons. The van der Waals surface area contributed by atoms with E-state index >= 15 is 0 Å². The molecule has 1 rings (SSSR count). The molecule has 1 fully saturated rings. The fourth-order valence-electron chi connectivity index (χ4n) is 2.94. The van der Waals surface area contributed by atoms with Gasteiger partial charge in [0.05, 0.1) is 12.2 Å². The predicted octanol–water partition coefficient (Wildman–Crippen LogP) is 4.24. The summed E-state index contributed by atoms with van der Waals surface area (Å²) in [6, 6.07) is 0. The number of nitrogens with one attached hydrogen (secondary N) is 1. The minimum atomic E-state index is 0.374. The van der Waals surface area contributed by atoms with Gasteiger partial charge < -0.3 is 10.1 Å². The highest BCUT2D eigenvalue weighted by Crippen LogP contribution is 2.29. The van der Waals surface area contributed by atoms with Crippen LogP contribution in [0.2, 0.25) is 0 Å². The Morgan fingerprint density at radius 3 is 2.42 bits per heavy atom. The molecule has 0 bridgehead atoms. The lowest BCUT2D eigenvalue weighted by molar-refractivity contribution is -0.0588. The van der Waals surface area contributed by atoms with Gasteiger partial charge >= 0.3 is 0 Å². The zero-order valence-electron chi connectivity index (χ0n) is 13.7. The summed E-state index contributed by atoms with van der Waals surface area (Å²) in [5, 5.41) is 3.56. The van der Waals surface area contributed by atoms with Gasteiger partial charge in [-0.15, -0.1) is 0 Å². The number of rotatable bonds is 8. The first kappa shape index (κ1) is 17.0. The van der Waals surface area contributed by atoms with E-state index < -0.39 is 0 Å². The summed E-state index contributed by atoms with van der Waals surface area (Å²) >= 11 is 0. The van der Waals surface area contributed by atoms with Gasteiger partial charge in [0.1, 0.15) is 0 Å². The minimum absolute atomic E-state index is 0.374. The lowest BCUT2D eigenvalue weighted by atomic mass is 9.85. The molecule has 19 heavy (non-hydrogen) atoms. The SMILES string of the molecule is CCC1CCCC(OC(CNCC(C)C)C(C)C)C1. The third-order valence-electron chi connectivity index (χ3n) is 4.32. The highest BCUT2D eigenvalue weighted by molar-refractivity contribution is 4.76. The molecule has 0 aliphatic heterocycles. The first-order valence-electron chi connectivity index (χ1n) is 8.39. The maximum Gasteiger partial charge on any atom is 0.0726 e. The van der Waals surface area contributed by atoms with Crippen LogP contribution in [0.25, 0.3) is 0 Å². The van der Waals surface area contributed by atoms with Crippen molar-refractivity contribution in [2.24, 2.45) is 17.8 Å². The summed E-state index contributed by atoms with van der Waals surface area (Å²) < 4.78 is 6.40. The van der Waals surface area contributed by atoms with Gasteiger partial charge in [0.2, 0.25) is 0 Å². The van der Waals surface area contributed by atoms with Gasteiger partial charge in [0.25, 0.3) is 0 Å². The standard InChI is InChI=1S/C17H35NO/c1-6-15-8-7-9-16(10-15)19-17(14(4)5)12-18-11-13(2)3/h13-18H,6-12H2,1-5H3. The van der Waals surface area contributed by atoms with Crippen LogP contribution in [0.3, 0.4) is 0 Å². The van der Waals surface area contributed by atoms with Gasteiger partial charge in [0, 0.05) is 6.54 Å². The Hall–Kier alpha value is -0.0800. The largest absolute Gasteiger partial charge is 0.373 e. The molecule has 1 saturated carbocycles. The molecule has 0 amide bonds. The summed E-state index contributed by atoms with van der Waals surface area (Å²) in [6.45, 7) is 13.5. The van der Waals surface area contributed by atoms with E-state index in [1.165, 1.54) is 32.1 Å². The summed E-state index contributed by atoms with van der Waals surface area (Å²) in [6.07, 6.45) is 7.51. The Labute approximate surface area is 120 Å². The quantitative estimate of drug-likeness (QED) is 0.711. The molecular weight excluding hydrogens is 234 g/mol. The smallest absolute Gasteiger partial charge is 0.0726 e. The van der Waals surface area contributed by atoms with E-state index in [0.717, 1.165) is 19.0 Å². The molecular formula is C17H35NO. The van der Waals surface area contributed by atoms with Crippen LogP contribution < -0.4 is 5.32 Å². The zero-order valence-corrected chi connectivity index (χ0v) is 13.7. The Balaban J connectivity index is 2.35. The number of hydrogen-bond acceptors (Lipinski definition) is 2. The minimum Gasteiger partial charge on any atom is -0.373 e. The van der Waals surface area contributed by atoms with Crippen LogP contribution in [0.4, 0.5) is 0 Å². The Kier molecular flexibility index (Phi) is 8.01. The summed E-state index contributed by atoms with van der Waals surface area (Å²) in [5.74, 6) is 2.21. The van der Waals surface area contributed by atoms with Crippen molar-refractivity contribution in [1.82, 2.24) is 5.32 Å². The van der Waals surface area contributed by atoms with Crippen molar-refractivity contribution >= 4 is 0 Å². The maximum atomic E-state index is 6.40. The van der Waals surface area contributed by atoms with Gasteiger partial charge in [-0.2, -0.15) is 0 Å². The molecule has 0 saturated heterocycles. The molecule has 1 aliphatic rings. The van der Waals surface area contributed by atoms with Crippen LogP contribution in [0, 0.1) is 17.8 Å². The van der Waals surface area contributed by atoms with E-state index in [1.54, 1.807) is 0 Å². The second-order valence-corrected chi connectivity index (χ2v) is 7.03. The summed E-state index contributed by atoms with van der Waals surface area (Å²) in [4.78, 5) is 0. The maximum absolute atomic E-state index is 6.40. The predicted molar refractivity (Wildman–Crippen MR) is 83.5 cm³/mol. The van der Waals surface area contributed by atoms with E-state index in [-0.39, 0.29) is 0 Å². The highest BCUT2D eigenvalue weighted by atomic mass is 16.5. The highest BCUT2D eigenvalue weighted by Gasteiger charge is 2.25. The second kappa shape index (κ2) is 8.97. The molecule has 2 nitrogen and oxygen atoms in total. The van der Waals surface area contributed by atoms with Crippen LogP contribution in [0.1, 0.15) is 66.7 Å². The molecule has 0 aromatic carbocycles. The van der Waals surface area contributed by atoms with Crippen LogP contribution in [-0.2, 0) is 4.74 Å². The van der Waals surface area contributed by atoms with Crippen molar-refractivity contribution in [2.75, 3.05) is 13.1 Å². The third kappa shape index (κ3) is 6.76. The number of ether oxygens (including phenoxy) is 1. The van der Waals surface area contributed by atoms with Gasteiger partial charge in [-0.3, -0.25) is 0 Å². The van der Waals surface area contributed by atoms with Crippen LogP contribution in [0.15, 0.2) is 0 Å². The fraction of sp³-hybridized carbons (Fsp3) is 1.00. The first-order valence-corrected chi connectivity index (χ1v) is 8.39. The van der Waals surface area contributed by atoms with Gasteiger partial charge in [-0.05, 0) is 37.1 Å². The van der Waals surface area contributed by atoms with Crippen LogP contribution in [0.5, 0.6) is 0 Å². The lowest BCUT2D eigenvalue weighted by Gasteiger charge is -2.33. The molecule has 0 aromatic heterocycles. The molecule has 0 spiro atoms. The Morgan fingerprint density at radius 1 is 1.11 bits per heavy atom. The number of hydrogen-bond donors (Lipinski definition) is 1. The van der Waals surface area contributed by atoms with Crippen molar-refractivity contribution in [3.63, 3.8) is 0 Å². The molecule has 0 aromatic rings. The Bertz CT molecular complexity index is 227. The normalized spacial score (nSPS) is 26.1. The Morgan fingerprint density at radius 2 is 1.84 bits per heavy atom. The van der Waals surface area contributed by atoms with Crippen molar-refractivity contribution in [3.05, 3.63) is 0 Å². The van der Waals surface area contributed by atoms with E-state index in [9.17, 15) is 0 Å². The van der Waals surface area contributed by atoms with Crippen molar-refractivity contribution < 1.29 is 4.74 Å². The van der Waals surface area contributed by atoms with Gasteiger partial charge in [-0.1, -0.05) is 53.9 Å². The molecule has 3 unspecified atom stereocenters. The van der Waals surface area contributed by atoms with Crippen LogP contribution >= 0.6 is 0 Å². The topological polar surface area (TPSA) is 21.3 Å². The average molecular weight is 269 g/mol. The zero-order chi connectivity index (χ0) is 14.3. The monoisotopic (exact) mass is 269 g/mol. The molecule has 114 valence electrons. The van der Waals surface area contributed by atoms with Crippen LogP contribution in [-0.4, -0.2) is 25.3 Å². The summed E-state index contributed by atoms with van der Waals surface area (Å²) in [5.41, 5.74) is 0. The first-order chi connectivity index (χ1) is 9.02. The van der Waals surface area contributed by atoms with Gasteiger partial charge in [-0.25, -0.2) is 0 Å². The average Bonchev–Trinajstić information content (AvgIpc) is 2.37. The van der Waals surface area contributed by atoms with E-state index in [1.807, 2.05) is 0 Å². The van der Waals surface area contributed by atoms with Crippen molar-refractivity contribution in [2.45, 2.75) is 78.9 Å². The van der Waals surface area contributed by atoms with E-state index in [2.05, 4.69) is 39.9 Å². The van der Waals surface area contributed by atoms with E-state index in [0.29, 0.717) is 24.0 Å².